The molecule has 1 aliphatic heterocycles. The highest BCUT2D eigenvalue weighted by Crippen LogP contribution is 2.37. The van der Waals surface area contributed by atoms with Gasteiger partial charge in [-0.15, -0.1) is 0 Å². The van der Waals surface area contributed by atoms with Crippen LogP contribution in [0.25, 0.3) is 22.5 Å². The Bertz CT molecular complexity index is 1260. The average Bonchev–Trinajstić information content (AvgIpc) is 3.54. The second kappa shape index (κ2) is 7.45. The molecule has 1 saturated carbocycles. The Hall–Kier alpha value is -3.84. The fourth-order valence-electron chi connectivity index (χ4n) is 4.26. The molecule has 0 unspecified atom stereocenters. The molecule has 5 N–H and O–H groups in total. The van der Waals surface area contributed by atoms with Gasteiger partial charge in [-0.3, -0.25) is 5.10 Å². The molecule has 1 fully saturated rings. The molecule has 2 aliphatic rings. The van der Waals surface area contributed by atoms with Crippen molar-refractivity contribution in [2.75, 3.05) is 12.3 Å². The van der Waals surface area contributed by atoms with Crippen LogP contribution >= 0.6 is 0 Å². The van der Waals surface area contributed by atoms with Crippen LogP contribution in [0.15, 0.2) is 35.8 Å². The molecule has 10 heteroatoms. The zero-order valence-corrected chi connectivity index (χ0v) is 16.9. The van der Waals surface area contributed by atoms with Gasteiger partial charge >= 0.3 is 0 Å². The smallest absolute Gasteiger partial charge is 0.213 e. The molecular formula is C21H23N10+. The highest BCUT2D eigenvalue weighted by molar-refractivity contribution is 6.12. The van der Waals surface area contributed by atoms with Crippen molar-refractivity contribution < 1.29 is 4.68 Å². The second-order valence-corrected chi connectivity index (χ2v) is 8.15. The van der Waals surface area contributed by atoms with Crippen LogP contribution in [-0.2, 0) is 0 Å². The minimum atomic E-state index is -0.148. The van der Waals surface area contributed by atoms with E-state index in [1.165, 1.54) is 0 Å². The van der Waals surface area contributed by atoms with Gasteiger partial charge in [-0.1, -0.05) is 4.68 Å². The number of fused-ring (bicyclic) bond motifs is 1. The lowest BCUT2D eigenvalue weighted by Gasteiger charge is -2.31. The van der Waals surface area contributed by atoms with E-state index in [1.54, 1.807) is 23.0 Å². The summed E-state index contributed by atoms with van der Waals surface area (Å²) in [5, 5.41) is 25.0. The third-order valence-electron chi connectivity index (χ3n) is 6.11. The number of nitriles is 1. The summed E-state index contributed by atoms with van der Waals surface area (Å²) in [7, 11) is 0. The molecule has 0 amide bonds. The number of aromatic amines is 1. The van der Waals surface area contributed by atoms with E-state index in [1.807, 2.05) is 23.1 Å². The molecule has 3 aromatic heterocycles. The van der Waals surface area contributed by atoms with Gasteiger partial charge in [0.1, 0.15) is 23.4 Å². The molecule has 3 aromatic rings. The maximum atomic E-state index is 9.19. The van der Waals surface area contributed by atoms with Crippen molar-refractivity contribution in [1.29, 1.82) is 5.26 Å². The first kappa shape index (κ1) is 19.1. The number of nitrogens with zero attached hydrogens (tertiary/aromatic N) is 7. The normalized spacial score (nSPS) is 24.6. The van der Waals surface area contributed by atoms with E-state index in [2.05, 4.69) is 32.7 Å². The molecule has 156 valence electrons. The monoisotopic (exact) mass is 415 g/mol. The van der Waals surface area contributed by atoms with Gasteiger partial charge in [-0.25, -0.2) is 9.50 Å². The minimum Gasteiger partial charge on any atom is -0.382 e. The van der Waals surface area contributed by atoms with Crippen LogP contribution in [0.3, 0.4) is 0 Å². The van der Waals surface area contributed by atoms with E-state index >= 15 is 0 Å². The standard InChI is InChI=1S/C21H23N10/c22-8-14-1-4-21(12-23,5-2-14)13-30-10-15(9-26-30)20-18-3-6-25-31(18)11-17(27-20)16-7-19(24)29-28-16/h3,6-7,9-11,13-14H,1-2,4-5,12,23H2,(H3,24,28,29)/q+1/b30-13+. The number of rotatable bonds is 4. The number of H-pyrrole nitrogens is 1. The average molecular weight is 415 g/mol. The van der Waals surface area contributed by atoms with Gasteiger partial charge in [0.2, 0.25) is 6.20 Å². The Kier molecular flexibility index (Phi) is 4.60. The summed E-state index contributed by atoms with van der Waals surface area (Å²) in [6.07, 6.45) is 12.9. The molecule has 0 saturated heterocycles. The lowest BCUT2D eigenvalue weighted by Crippen LogP contribution is -2.37. The van der Waals surface area contributed by atoms with Gasteiger partial charge < -0.3 is 11.5 Å². The third kappa shape index (κ3) is 3.49. The Morgan fingerprint density at radius 2 is 2.23 bits per heavy atom. The number of hydrogen-bond donors (Lipinski definition) is 3. The first-order valence-electron chi connectivity index (χ1n) is 10.2. The van der Waals surface area contributed by atoms with Crippen LogP contribution in [-0.4, -0.2) is 48.5 Å². The Balaban J connectivity index is 1.51. The predicted octanol–water partition coefficient (Wildman–Crippen LogP) is 1.78. The molecule has 10 nitrogen and oxygen atoms in total. The lowest BCUT2D eigenvalue weighted by atomic mass is 9.71. The van der Waals surface area contributed by atoms with Crippen LogP contribution in [0.2, 0.25) is 0 Å². The number of hydrazone groups is 1. The third-order valence-corrected chi connectivity index (χ3v) is 6.11. The fourth-order valence-corrected chi connectivity index (χ4v) is 4.26. The van der Waals surface area contributed by atoms with Gasteiger partial charge in [-0.05, 0) is 36.9 Å². The van der Waals surface area contributed by atoms with Crippen molar-refractivity contribution in [3.8, 4) is 17.5 Å². The largest absolute Gasteiger partial charge is 0.382 e. The molecule has 0 bridgehead atoms. The Labute approximate surface area is 178 Å². The Morgan fingerprint density at radius 1 is 1.39 bits per heavy atom. The number of hydrogen-bond acceptors (Lipinski definition) is 7. The summed E-state index contributed by atoms with van der Waals surface area (Å²) < 4.78 is 3.60. The molecule has 1 aliphatic carbocycles. The first-order chi connectivity index (χ1) is 15.1. The molecule has 4 heterocycles. The van der Waals surface area contributed by atoms with Crippen LogP contribution < -0.4 is 11.5 Å². The van der Waals surface area contributed by atoms with E-state index in [4.69, 9.17) is 16.5 Å². The van der Waals surface area contributed by atoms with Crippen molar-refractivity contribution >= 4 is 29.3 Å². The predicted molar refractivity (Wildman–Crippen MR) is 117 cm³/mol. The van der Waals surface area contributed by atoms with Gasteiger partial charge in [0, 0.05) is 18.5 Å². The Morgan fingerprint density at radius 3 is 2.94 bits per heavy atom. The van der Waals surface area contributed by atoms with Gasteiger partial charge in [0.05, 0.1) is 40.7 Å². The maximum Gasteiger partial charge on any atom is 0.213 e. The lowest BCUT2D eigenvalue weighted by molar-refractivity contribution is -0.456. The summed E-state index contributed by atoms with van der Waals surface area (Å²) in [5.74, 6) is 0.527. The fraction of sp³-hybridized carbons (Fsp3) is 0.333. The molecule has 0 radical (unpaired) electrons. The van der Waals surface area contributed by atoms with Crippen LogP contribution in [0, 0.1) is 22.7 Å². The van der Waals surface area contributed by atoms with E-state index in [-0.39, 0.29) is 11.3 Å². The van der Waals surface area contributed by atoms with Crippen LogP contribution in [0.4, 0.5) is 5.82 Å². The minimum absolute atomic E-state index is 0.125. The van der Waals surface area contributed by atoms with E-state index in [0.717, 1.165) is 42.5 Å². The van der Waals surface area contributed by atoms with Crippen LogP contribution in [0.5, 0.6) is 0 Å². The zero-order chi connectivity index (χ0) is 21.4. The van der Waals surface area contributed by atoms with Crippen molar-refractivity contribution in [2.45, 2.75) is 25.7 Å². The van der Waals surface area contributed by atoms with Crippen molar-refractivity contribution in [2.24, 2.45) is 22.2 Å². The number of anilines is 1. The highest BCUT2D eigenvalue weighted by Gasteiger charge is 2.37. The molecule has 0 atom stereocenters. The second-order valence-electron chi connectivity index (χ2n) is 8.15. The summed E-state index contributed by atoms with van der Waals surface area (Å²) in [6.45, 7) is 0.530. The quantitative estimate of drug-likeness (QED) is 0.553. The zero-order valence-electron chi connectivity index (χ0n) is 16.9. The first-order valence-corrected chi connectivity index (χ1v) is 10.2. The number of allylic oxidation sites excluding steroid dienone is 1. The highest BCUT2D eigenvalue weighted by atomic mass is 15.4. The number of nitrogens with two attached hydrogens (primary N) is 2. The topological polar surface area (TPSA) is 150 Å². The summed E-state index contributed by atoms with van der Waals surface area (Å²) in [5.41, 5.74) is 15.6. The summed E-state index contributed by atoms with van der Waals surface area (Å²) >= 11 is 0. The molecule has 31 heavy (non-hydrogen) atoms. The number of nitrogens with one attached hydrogen (secondary N) is 1. The van der Waals surface area contributed by atoms with Gasteiger partial charge in [-0.2, -0.15) is 15.5 Å². The molecule has 0 aromatic carbocycles. The maximum absolute atomic E-state index is 9.19. The van der Waals surface area contributed by atoms with Crippen LogP contribution in [0.1, 0.15) is 31.4 Å². The molecular weight excluding hydrogens is 392 g/mol. The summed E-state index contributed by atoms with van der Waals surface area (Å²) in [6, 6.07) is 6.03. The molecule has 0 spiro atoms. The van der Waals surface area contributed by atoms with E-state index in [0.29, 0.717) is 23.8 Å². The molecule has 5 rings (SSSR count). The van der Waals surface area contributed by atoms with Crippen molar-refractivity contribution in [1.82, 2.24) is 24.8 Å². The summed E-state index contributed by atoms with van der Waals surface area (Å²) in [4.78, 5) is 4.83. The van der Waals surface area contributed by atoms with Crippen molar-refractivity contribution in [3.63, 3.8) is 0 Å². The number of aromatic nitrogens is 5. The van der Waals surface area contributed by atoms with E-state index in [9.17, 15) is 5.26 Å². The number of nitrogen functional groups attached to an aromatic ring is 1. The van der Waals surface area contributed by atoms with Gasteiger partial charge in [0.15, 0.2) is 6.21 Å². The van der Waals surface area contributed by atoms with Crippen molar-refractivity contribution in [3.05, 3.63) is 36.4 Å². The SMILES string of the molecule is N#CC1CCC(/C=[N+]2\C=C(c3nc(-c4cc(N)n[nH]4)cn4nccc34)C=N2)(CN)CC1. The van der Waals surface area contributed by atoms with E-state index < -0.39 is 0 Å². The van der Waals surface area contributed by atoms with Gasteiger partial charge in [0.25, 0.3) is 0 Å².